The minimum Gasteiger partial charge on any atom is -0.490 e. The minimum atomic E-state index is -0.798. The van der Waals surface area contributed by atoms with Crippen LogP contribution in [0.3, 0.4) is 0 Å². The zero-order valence-electron chi connectivity index (χ0n) is 18.9. The van der Waals surface area contributed by atoms with E-state index < -0.39 is 11.8 Å². The Kier molecular flexibility index (Phi) is 7.75. The average molecular weight is 502 g/mol. The summed E-state index contributed by atoms with van der Waals surface area (Å²) in [5.41, 5.74) is -0.0372. The number of carbonyl (C=O) groups is 3. The number of aliphatic carboxylic acids is 1. The molecule has 0 saturated heterocycles. The molecule has 0 atom stereocenters. The third kappa shape index (κ3) is 6.22. The average Bonchev–Trinajstić information content (AvgIpc) is 3.25. The highest BCUT2D eigenvalue weighted by Gasteiger charge is 2.27. The molecule has 0 radical (unpaired) electrons. The molecule has 1 aromatic heterocycles. The van der Waals surface area contributed by atoms with Gasteiger partial charge in [0.25, 0.3) is 5.91 Å². The van der Waals surface area contributed by atoms with Gasteiger partial charge in [-0.25, -0.2) is 8.78 Å². The first-order chi connectivity index (χ1) is 16.8. The van der Waals surface area contributed by atoms with Gasteiger partial charge in [0.15, 0.2) is 5.78 Å². The summed E-state index contributed by atoms with van der Waals surface area (Å²) in [5, 5.41) is 12.5. The summed E-state index contributed by atoms with van der Waals surface area (Å²) in [5.74, 6) is -2.55. The summed E-state index contributed by atoms with van der Waals surface area (Å²) in [7, 11) is 0. The fourth-order valence-corrected chi connectivity index (χ4v) is 5.17. The third-order valence-electron chi connectivity index (χ3n) is 6.14. The number of halogens is 2. The molecular weight excluding hydrogens is 476 g/mol. The molecule has 1 amide bonds. The van der Waals surface area contributed by atoms with Crippen LogP contribution in [0.2, 0.25) is 0 Å². The van der Waals surface area contributed by atoms with Gasteiger partial charge in [0, 0.05) is 23.7 Å². The lowest BCUT2D eigenvalue weighted by Gasteiger charge is -2.26. The van der Waals surface area contributed by atoms with Gasteiger partial charge in [-0.05, 0) is 73.9 Å². The topological polar surface area (TPSA) is 92.7 Å². The summed E-state index contributed by atoms with van der Waals surface area (Å²) in [6, 6.07) is 10.1. The number of fused-ring (bicyclic) bond motifs is 1. The quantitative estimate of drug-likeness (QED) is 0.294. The molecule has 9 heteroatoms. The lowest BCUT2D eigenvalue weighted by molar-refractivity contribution is -0.143. The molecule has 2 N–H and O–H groups in total. The van der Waals surface area contributed by atoms with Gasteiger partial charge in [0.1, 0.15) is 17.4 Å². The highest BCUT2D eigenvalue weighted by atomic mass is 32.1. The molecule has 1 fully saturated rings. The van der Waals surface area contributed by atoms with Crippen LogP contribution < -0.4 is 10.1 Å². The van der Waals surface area contributed by atoms with Crippen LogP contribution in [-0.4, -0.2) is 35.4 Å². The highest BCUT2D eigenvalue weighted by molar-refractivity contribution is 7.20. The molecule has 4 rings (SSSR count). The minimum absolute atomic E-state index is 0.0372. The lowest BCUT2D eigenvalue weighted by atomic mass is 9.87. The standard InChI is InChI=1S/C26H25F2NO5S/c27-17-5-10-23-16(12-17)13-24(35-23)25(31)29-11-1-2-22(30)20-9-8-19(14-21(20)28)34-18-6-3-15(4-7-18)26(32)33/h5,8-10,12-15,18H,1-4,6-7,11H2,(H,29,31)(H,32,33). The van der Waals surface area contributed by atoms with Crippen molar-refractivity contribution in [1.29, 1.82) is 0 Å². The van der Waals surface area contributed by atoms with E-state index in [0.29, 0.717) is 48.1 Å². The number of hydrogen-bond acceptors (Lipinski definition) is 5. The second kappa shape index (κ2) is 10.9. The van der Waals surface area contributed by atoms with E-state index in [1.165, 1.54) is 35.6 Å². The maximum atomic E-state index is 14.5. The Balaban J connectivity index is 1.23. The first-order valence-corrected chi connectivity index (χ1v) is 12.3. The molecule has 1 saturated carbocycles. The van der Waals surface area contributed by atoms with E-state index in [-0.39, 0.29) is 48.1 Å². The van der Waals surface area contributed by atoms with Crippen LogP contribution in [0.5, 0.6) is 5.75 Å². The zero-order chi connectivity index (χ0) is 24.9. The van der Waals surface area contributed by atoms with E-state index >= 15 is 0 Å². The molecule has 6 nitrogen and oxygen atoms in total. The number of carboxylic acids is 1. The van der Waals surface area contributed by atoms with Gasteiger partial charge in [-0.15, -0.1) is 11.3 Å². The number of benzene rings is 2. The second-order valence-electron chi connectivity index (χ2n) is 8.65. The summed E-state index contributed by atoms with van der Waals surface area (Å²) in [4.78, 5) is 36.3. The molecule has 0 unspecified atom stereocenters. The first kappa shape index (κ1) is 24.8. The molecule has 1 aliphatic rings. The Hall–Kier alpha value is -3.33. The van der Waals surface area contributed by atoms with Gasteiger partial charge in [-0.1, -0.05) is 0 Å². The fraction of sp³-hybridized carbons (Fsp3) is 0.346. The number of nitrogens with one attached hydrogen (secondary N) is 1. The number of thiophene rings is 1. The molecule has 0 spiro atoms. The fourth-order valence-electron chi connectivity index (χ4n) is 4.21. The Morgan fingerprint density at radius 2 is 1.80 bits per heavy atom. The van der Waals surface area contributed by atoms with E-state index in [0.717, 1.165) is 4.70 Å². The Morgan fingerprint density at radius 3 is 2.51 bits per heavy atom. The Morgan fingerprint density at radius 1 is 1.03 bits per heavy atom. The van der Waals surface area contributed by atoms with Crippen molar-refractivity contribution >= 4 is 39.1 Å². The van der Waals surface area contributed by atoms with E-state index in [1.54, 1.807) is 18.2 Å². The van der Waals surface area contributed by atoms with Crippen molar-refractivity contribution in [3.05, 3.63) is 64.5 Å². The number of ketones is 1. The number of Topliss-reactive ketones (excluding diaryl/α,β-unsaturated/α-hetero) is 1. The molecule has 35 heavy (non-hydrogen) atoms. The van der Waals surface area contributed by atoms with Gasteiger partial charge in [-0.3, -0.25) is 14.4 Å². The van der Waals surface area contributed by atoms with Crippen molar-refractivity contribution < 1.29 is 33.0 Å². The van der Waals surface area contributed by atoms with Gasteiger partial charge in [-0.2, -0.15) is 0 Å². The summed E-state index contributed by atoms with van der Waals surface area (Å²) in [6.45, 7) is 0.245. The van der Waals surface area contributed by atoms with Crippen LogP contribution in [0.25, 0.3) is 10.1 Å². The third-order valence-corrected chi connectivity index (χ3v) is 7.25. The second-order valence-corrected chi connectivity index (χ2v) is 9.73. The van der Waals surface area contributed by atoms with Crippen molar-refractivity contribution in [1.82, 2.24) is 5.32 Å². The van der Waals surface area contributed by atoms with E-state index in [9.17, 15) is 23.2 Å². The van der Waals surface area contributed by atoms with Crippen LogP contribution in [0.4, 0.5) is 8.78 Å². The smallest absolute Gasteiger partial charge is 0.306 e. The molecule has 184 valence electrons. The van der Waals surface area contributed by atoms with Gasteiger partial charge < -0.3 is 15.2 Å². The summed E-state index contributed by atoms with van der Waals surface area (Å²) in [6.07, 6.45) is 2.46. The largest absolute Gasteiger partial charge is 0.490 e. The number of carbonyl (C=O) groups excluding carboxylic acids is 2. The van der Waals surface area contributed by atoms with Gasteiger partial charge in [0.2, 0.25) is 0 Å². The number of carboxylic acid groups (broad SMARTS) is 1. The predicted molar refractivity (Wildman–Crippen MR) is 128 cm³/mol. The van der Waals surface area contributed by atoms with Crippen molar-refractivity contribution in [3.63, 3.8) is 0 Å². The molecular formula is C26H25F2NO5S. The Bertz CT molecular complexity index is 1250. The number of ether oxygens (including phenoxy) is 1. The van der Waals surface area contributed by atoms with Crippen LogP contribution >= 0.6 is 11.3 Å². The van der Waals surface area contributed by atoms with E-state index in [4.69, 9.17) is 9.84 Å². The molecule has 1 heterocycles. The maximum absolute atomic E-state index is 14.5. The van der Waals surface area contributed by atoms with Crippen molar-refractivity contribution in [2.45, 2.75) is 44.6 Å². The van der Waals surface area contributed by atoms with Crippen LogP contribution in [0.15, 0.2) is 42.5 Å². The maximum Gasteiger partial charge on any atom is 0.306 e. The number of rotatable bonds is 9. The van der Waals surface area contributed by atoms with E-state index in [1.807, 2.05) is 0 Å². The highest BCUT2D eigenvalue weighted by Crippen LogP contribution is 2.29. The van der Waals surface area contributed by atoms with Crippen molar-refractivity contribution in [3.8, 4) is 5.75 Å². The number of amides is 1. The van der Waals surface area contributed by atoms with Crippen molar-refractivity contribution in [2.24, 2.45) is 5.92 Å². The Labute approximate surface area is 204 Å². The number of hydrogen-bond donors (Lipinski definition) is 2. The van der Waals surface area contributed by atoms with Gasteiger partial charge >= 0.3 is 5.97 Å². The molecule has 3 aromatic rings. The van der Waals surface area contributed by atoms with E-state index in [2.05, 4.69) is 5.32 Å². The predicted octanol–water partition coefficient (Wildman–Crippen LogP) is 5.59. The monoisotopic (exact) mass is 501 g/mol. The molecule has 1 aliphatic carbocycles. The summed E-state index contributed by atoms with van der Waals surface area (Å²) >= 11 is 1.26. The van der Waals surface area contributed by atoms with Crippen molar-refractivity contribution in [2.75, 3.05) is 6.54 Å². The molecule has 0 aliphatic heterocycles. The van der Waals surface area contributed by atoms with Crippen LogP contribution in [0.1, 0.15) is 58.6 Å². The lowest BCUT2D eigenvalue weighted by Crippen LogP contribution is -2.27. The first-order valence-electron chi connectivity index (χ1n) is 11.5. The summed E-state index contributed by atoms with van der Waals surface area (Å²) < 4.78 is 34.5. The van der Waals surface area contributed by atoms with Crippen LogP contribution in [0, 0.1) is 17.6 Å². The molecule has 0 bridgehead atoms. The normalized spacial score (nSPS) is 17.8. The molecule has 2 aromatic carbocycles. The van der Waals surface area contributed by atoms with Gasteiger partial charge in [0.05, 0.1) is 22.5 Å². The zero-order valence-corrected chi connectivity index (χ0v) is 19.7. The van der Waals surface area contributed by atoms with Crippen LogP contribution in [-0.2, 0) is 4.79 Å². The SMILES string of the molecule is O=C(NCCCC(=O)c1ccc(OC2CCC(C(=O)O)CC2)cc1F)c1cc2cc(F)ccc2s1.